The van der Waals surface area contributed by atoms with Crippen molar-refractivity contribution in [2.45, 2.75) is 4.90 Å². The number of hydrogen-bond donors (Lipinski definition) is 1. The number of thiazole rings is 1. The molecule has 10 heteroatoms. The van der Waals surface area contributed by atoms with E-state index < -0.39 is 10.0 Å². The van der Waals surface area contributed by atoms with Gasteiger partial charge in [0.05, 0.1) is 15.6 Å². The molecule has 132 valence electrons. The first kappa shape index (κ1) is 17.3. The molecule has 6 nitrogen and oxygen atoms in total. The summed E-state index contributed by atoms with van der Waals surface area (Å²) >= 11 is 13.6. The maximum atomic E-state index is 12.4. The molecule has 0 bridgehead atoms. The molecule has 0 amide bonds. The van der Waals surface area contributed by atoms with Gasteiger partial charge in [-0.15, -0.1) is 16.4 Å². The number of rotatable bonds is 4. The molecule has 0 atom stereocenters. The zero-order valence-electron chi connectivity index (χ0n) is 12.9. The number of benzene rings is 2. The van der Waals surface area contributed by atoms with E-state index in [1.54, 1.807) is 36.4 Å². The number of aromatic nitrogens is 3. The third-order valence-electron chi connectivity index (χ3n) is 3.57. The molecule has 1 N–H and O–H groups in total. The van der Waals surface area contributed by atoms with Crippen LogP contribution < -0.4 is 4.72 Å². The van der Waals surface area contributed by atoms with Crippen LogP contribution >= 0.6 is 34.5 Å². The molecular weight excluding hydrogens is 415 g/mol. The van der Waals surface area contributed by atoms with E-state index in [-0.39, 0.29) is 10.8 Å². The Morgan fingerprint density at radius 2 is 1.85 bits per heavy atom. The van der Waals surface area contributed by atoms with Crippen molar-refractivity contribution in [3.05, 3.63) is 64.0 Å². The van der Waals surface area contributed by atoms with Gasteiger partial charge >= 0.3 is 0 Å². The predicted molar refractivity (Wildman–Crippen MR) is 104 cm³/mol. The van der Waals surface area contributed by atoms with Gasteiger partial charge in [0.1, 0.15) is 0 Å². The van der Waals surface area contributed by atoms with Crippen LogP contribution in [0.25, 0.3) is 16.2 Å². The minimum Gasteiger partial charge on any atom is -0.246 e. The molecule has 0 saturated heterocycles. The Balaban J connectivity index is 1.74. The van der Waals surface area contributed by atoms with E-state index in [0.29, 0.717) is 26.3 Å². The molecule has 0 aliphatic heterocycles. The van der Waals surface area contributed by atoms with Gasteiger partial charge in [0.15, 0.2) is 0 Å². The second-order valence-corrected chi connectivity index (χ2v) is 8.66. The SMILES string of the molecule is O=S(=O)(Nc1nc2scc(-c3cc(Cl)ccc3Cl)n2n1)c1ccccc1. The summed E-state index contributed by atoms with van der Waals surface area (Å²) in [5.41, 5.74) is 1.36. The van der Waals surface area contributed by atoms with E-state index >= 15 is 0 Å². The first-order chi connectivity index (χ1) is 12.4. The van der Waals surface area contributed by atoms with Gasteiger partial charge in [-0.25, -0.2) is 17.7 Å². The summed E-state index contributed by atoms with van der Waals surface area (Å²) in [7, 11) is -3.76. The first-order valence-electron chi connectivity index (χ1n) is 7.31. The molecule has 2 aromatic heterocycles. The molecule has 4 rings (SSSR count). The number of nitrogens with one attached hydrogen (secondary N) is 1. The fraction of sp³-hybridized carbons (Fsp3) is 0. The molecule has 0 radical (unpaired) electrons. The van der Waals surface area contributed by atoms with Gasteiger partial charge in [-0.3, -0.25) is 0 Å². The third kappa shape index (κ3) is 3.16. The predicted octanol–water partition coefficient (Wildman–Crippen LogP) is 4.57. The fourth-order valence-electron chi connectivity index (χ4n) is 2.38. The Bertz CT molecular complexity index is 1200. The standard InChI is InChI=1S/C16H10Cl2N4O2S2/c17-10-6-7-13(18)12(8-10)14-9-25-16-19-15(20-22(14)16)21-26(23,24)11-4-2-1-3-5-11/h1-9H,(H,20,21). The maximum absolute atomic E-state index is 12.4. The number of hydrogen-bond acceptors (Lipinski definition) is 5. The molecule has 26 heavy (non-hydrogen) atoms. The van der Waals surface area contributed by atoms with Crippen LogP contribution in [0, 0.1) is 0 Å². The summed E-state index contributed by atoms with van der Waals surface area (Å²) in [4.78, 5) is 4.89. The largest absolute Gasteiger partial charge is 0.264 e. The Kier molecular flexibility index (Phi) is 4.36. The van der Waals surface area contributed by atoms with Crippen LogP contribution in [-0.2, 0) is 10.0 Å². The topological polar surface area (TPSA) is 76.4 Å². The van der Waals surface area contributed by atoms with Crippen molar-refractivity contribution in [3.8, 4) is 11.3 Å². The minimum atomic E-state index is -3.76. The number of nitrogens with zero attached hydrogens (tertiary/aromatic N) is 3. The molecule has 0 aliphatic carbocycles. The maximum Gasteiger partial charge on any atom is 0.264 e. The van der Waals surface area contributed by atoms with E-state index in [0.717, 1.165) is 0 Å². The number of halogens is 2. The van der Waals surface area contributed by atoms with Crippen molar-refractivity contribution < 1.29 is 8.42 Å². The average molecular weight is 425 g/mol. The van der Waals surface area contributed by atoms with Gasteiger partial charge in [0.25, 0.3) is 16.0 Å². The van der Waals surface area contributed by atoms with Gasteiger partial charge in [0, 0.05) is 16.0 Å². The molecule has 2 aromatic carbocycles. The average Bonchev–Trinajstić information content (AvgIpc) is 3.17. The summed E-state index contributed by atoms with van der Waals surface area (Å²) in [5, 5.41) is 7.14. The number of anilines is 1. The summed E-state index contributed by atoms with van der Waals surface area (Å²) in [6.45, 7) is 0. The van der Waals surface area contributed by atoms with Crippen LogP contribution in [0.2, 0.25) is 10.0 Å². The molecule has 4 aromatic rings. The Hall–Kier alpha value is -2.13. The zero-order chi connectivity index (χ0) is 18.3. The summed E-state index contributed by atoms with van der Waals surface area (Å²) in [6, 6.07) is 13.1. The Morgan fingerprint density at radius 1 is 1.08 bits per heavy atom. The van der Waals surface area contributed by atoms with Crippen molar-refractivity contribution in [3.63, 3.8) is 0 Å². The lowest BCUT2D eigenvalue weighted by atomic mass is 10.2. The van der Waals surface area contributed by atoms with E-state index in [9.17, 15) is 8.42 Å². The number of fused-ring (bicyclic) bond motifs is 1. The minimum absolute atomic E-state index is 0.0138. The second kappa shape index (κ2) is 6.55. The molecular formula is C16H10Cl2N4O2S2. The quantitative estimate of drug-likeness (QED) is 0.520. The smallest absolute Gasteiger partial charge is 0.246 e. The lowest BCUT2D eigenvalue weighted by molar-refractivity contribution is 0.601. The lowest BCUT2D eigenvalue weighted by Crippen LogP contribution is -2.14. The van der Waals surface area contributed by atoms with Crippen molar-refractivity contribution in [1.82, 2.24) is 14.6 Å². The van der Waals surface area contributed by atoms with Crippen LogP contribution in [0.15, 0.2) is 58.8 Å². The van der Waals surface area contributed by atoms with Crippen molar-refractivity contribution in [2.75, 3.05) is 4.72 Å². The molecule has 0 spiro atoms. The van der Waals surface area contributed by atoms with Crippen LogP contribution in [0.1, 0.15) is 0 Å². The van der Waals surface area contributed by atoms with Gasteiger partial charge in [0.2, 0.25) is 4.96 Å². The summed E-state index contributed by atoms with van der Waals surface area (Å²) in [6.07, 6.45) is 0. The van der Waals surface area contributed by atoms with Crippen LogP contribution in [-0.4, -0.2) is 23.0 Å². The highest BCUT2D eigenvalue weighted by atomic mass is 35.5. The Morgan fingerprint density at radius 3 is 2.62 bits per heavy atom. The molecule has 0 saturated carbocycles. The monoisotopic (exact) mass is 424 g/mol. The first-order valence-corrected chi connectivity index (χ1v) is 10.4. The summed E-state index contributed by atoms with van der Waals surface area (Å²) in [5.74, 6) is -0.0138. The molecule has 0 fully saturated rings. The zero-order valence-corrected chi connectivity index (χ0v) is 16.1. The number of sulfonamides is 1. The van der Waals surface area contributed by atoms with Crippen molar-refractivity contribution in [1.29, 1.82) is 0 Å². The Labute approximate surface area is 163 Å². The fourth-order valence-corrected chi connectivity index (χ4v) is 4.55. The molecule has 0 aliphatic rings. The van der Waals surface area contributed by atoms with Crippen LogP contribution in [0.3, 0.4) is 0 Å². The van der Waals surface area contributed by atoms with E-state index in [2.05, 4.69) is 14.8 Å². The van der Waals surface area contributed by atoms with E-state index in [1.807, 2.05) is 5.38 Å². The highest BCUT2D eigenvalue weighted by Gasteiger charge is 2.19. The van der Waals surface area contributed by atoms with E-state index in [4.69, 9.17) is 23.2 Å². The highest BCUT2D eigenvalue weighted by molar-refractivity contribution is 7.92. The van der Waals surface area contributed by atoms with Gasteiger partial charge in [-0.1, -0.05) is 41.4 Å². The normalized spacial score (nSPS) is 11.8. The van der Waals surface area contributed by atoms with Crippen LogP contribution in [0.4, 0.5) is 5.95 Å². The van der Waals surface area contributed by atoms with E-state index in [1.165, 1.54) is 28.0 Å². The lowest BCUT2D eigenvalue weighted by Gasteiger charge is -2.04. The third-order valence-corrected chi connectivity index (χ3v) is 6.29. The van der Waals surface area contributed by atoms with Gasteiger partial charge < -0.3 is 0 Å². The van der Waals surface area contributed by atoms with Crippen molar-refractivity contribution in [2.24, 2.45) is 0 Å². The second-order valence-electron chi connectivity index (χ2n) is 5.29. The highest BCUT2D eigenvalue weighted by Crippen LogP contribution is 2.33. The van der Waals surface area contributed by atoms with Gasteiger partial charge in [-0.2, -0.15) is 4.98 Å². The van der Waals surface area contributed by atoms with Crippen LogP contribution in [0.5, 0.6) is 0 Å². The summed E-state index contributed by atoms with van der Waals surface area (Å²) < 4.78 is 28.8. The molecule has 2 heterocycles. The van der Waals surface area contributed by atoms with Crippen molar-refractivity contribution >= 4 is 55.5 Å². The molecule has 0 unspecified atom stereocenters. The van der Waals surface area contributed by atoms with Gasteiger partial charge in [-0.05, 0) is 30.3 Å².